The summed E-state index contributed by atoms with van der Waals surface area (Å²) in [5.74, 6) is -0.299. The number of hydrogen-bond donors (Lipinski definition) is 0. The van der Waals surface area contributed by atoms with Crippen molar-refractivity contribution >= 4 is 17.2 Å². The molecule has 0 radical (unpaired) electrons. The lowest BCUT2D eigenvalue weighted by atomic mass is 10.2. The van der Waals surface area contributed by atoms with Crippen LogP contribution in [0.4, 0.5) is 4.39 Å². The summed E-state index contributed by atoms with van der Waals surface area (Å²) >= 11 is 0. The van der Waals surface area contributed by atoms with Crippen LogP contribution in [0, 0.1) is 12.7 Å². The van der Waals surface area contributed by atoms with Gasteiger partial charge >= 0.3 is 0 Å². The van der Waals surface area contributed by atoms with Gasteiger partial charge in [0.25, 0.3) is 0 Å². The molecule has 0 spiro atoms. The van der Waals surface area contributed by atoms with Gasteiger partial charge in [0.2, 0.25) is 0 Å². The molecular weight excluding hydrogens is 249 g/mol. The first kappa shape index (κ1) is 12.6. The summed E-state index contributed by atoms with van der Waals surface area (Å²) in [7, 11) is -1.42. The maximum absolute atomic E-state index is 12.7. The van der Waals surface area contributed by atoms with Gasteiger partial charge < -0.3 is 0 Å². The summed E-state index contributed by atoms with van der Waals surface area (Å²) in [4.78, 5) is 0.652. The molecule has 2 aromatic carbocycles. The topological polar surface area (TPSA) is 29.4 Å². The predicted octanol–water partition coefficient (Wildman–Crippen LogP) is 3.28. The molecule has 92 valence electrons. The largest absolute Gasteiger partial charge is 0.229 e. The van der Waals surface area contributed by atoms with Crippen LogP contribution in [0.15, 0.2) is 57.8 Å². The number of benzene rings is 2. The third kappa shape index (κ3) is 3.34. The maximum Gasteiger partial charge on any atom is 0.172 e. The van der Waals surface area contributed by atoms with Crippen LogP contribution in [0.3, 0.4) is 0 Å². The average Bonchev–Trinajstić information content (AvgIpc) is 2.38. The summed E-state index contributed by atoms with van der Waals surface area (Å²) in [6, 6.07) is 13.2. The molecule has 0 fully saturated rings. The third-order valence-corrected chi connectivity index (χ3v) is 3.36. The number of halogens is 1. The molecule has 2 aromatic rings. The van der Waals surface area contributed by atoms with Crippen molar-refractivity contribution in [3.8, 4) is 0 Å². The highest BCUT2D eigenvalue weighted by molar-refractivity contribution is 7.83. The molecule has 0 amide bonds. The van der Waals surface area contributed by atoms with Crippen LogP contribution in [0.5, 0.6) is 0 Å². The molecule has 0 saturated heterocycles. The smallest absolute Gasteiger partial charge is 0.172 e. The second-order valence-electron chi connectivity index (χ2n) is 3.85. The van der Waals surface area contributed by atoms with Crippen molar-refractivity contribution in [2.45, 2.75) is 11.8 Å². The molecule has 2 nitrogen and oxygen atoms in total. The lowest BCUT2D eigenvalue weighted by Crippen LogP contribution is -1.89. The Labute approximate surface area is 108 Å². The van der Waals surface area contributed by atoms with E-state index in [2.05, 4.69) is 4.40 Å². The molecule has 0 saturated carbocycles. The third-order valence-electron chi connectivity index (χ3n) is 2.39. The monoisotopic (exact) mass is 261 g/mol. The van der Waals surface area contributed by atoms with Crippen molar-refractivity contribution in [1.82, 2.24) is 0 Å². The minimum atomic E-state index is -1.42. The molecule has 0 bridgehead atoms. The van der Waals surface area contributed by atoms with Crippen LogP contribution in [-0.2, 0) is 11.0 Å². The van der Waals surface area contributed by atoms with Gasteiger partial charge in [-0.3, -0.25) is 0 Å². The Balaban J connectivity index is 2.11. The molecule has 0 aromatic heterocycles. The molecule has 4 heteroatoms. The Morgan fingerprint density at radius 1 is 1.06 bits per heavy atom. The van der Waals surface area contributed by atoms with Crippen molar-refractivity contribution in [1.29, 1.82) is 0 Å². The van der Waals surface area contributed by atoms with E-state index < -0.39 is 11.0 Å². The normalized spacial score (nSPS) is 12.8. The summed E-state index contributed by atoms with van der Waals surface area (Å²) in [6.45, 7) is 1.97. The van der Waals surface area contributed by atoms with Crippen molar-refractivity contribution in [2.24, 2.45) is 4.40 Å². The molecule has 0 unspecified atom stereocenters. The van der Waals surface area contributed by atoms with Crippen LogP contribution in [-0.4, -0.2) is 10.4 Å². The van der Waals surface area contributed by atoms with E-state index in [-0.39, 0.29) is 5.82 Å². The molecule has 2 rings (SSSR count). The molecule has 0 aliphatic rings. The van der Waals surface area contributed by atoms with Gasteiger partial charge in [-0.25, -0.2) is 8.60 Å². The SMILES string of the molecule is Cc1ccc([S@](=O)/N=C/c2ccc(F)cc2)cc1. The molecule has 0 N–H and O–H groups in total. The molecule has 0 heterocycles. The molecule has 0 aliphatic carbocycles. The Morgan fingerprint density at radius 3 is 2.28 bits per heavy atom. The van der Waals surface area contributed by atoms with E-state index in [1.165, 1.54) is 18.3 Å². The van der Waals surface area contributed by atoms with Gasteiger partial charge in [-0.15, -0.1) is 0 Å². The van der Waals surface area contributed by atoms with Crippen molar-refractivity contribution in [3.05, 3.63) is 65.5 Å². The van der Waals surface area contributed by atoms with Crippen LogP contribution >= 0.6 is 0 Å². The van der Waals surface area contributed by atoms with Crippen LogP contribution in [0.2, 0.25) is 0 Å². The number of nitrogens with zero attached hydrogens (tertiary/aromatic N) is 1. The zero-order valence-corrected chi connectivity index (χ0v) is 10.7. The Kier molecular flexibility index (Phi) is 3.99. The first-order valence-electron chi connectivity index (χ1n) is 5.43. The van der Waals surface area contributed by atoms with Gasteiger partial charge in [0.15, 0.2) is 11.0 Å². The summed E-state index contributed by atoms with van der Waals surface area (Å²) in [6.07, 6.45) is 1.48. The van der Waals surface area contributed by atoms with Gasteiger partial charge in [0, 0.05) is 6.21 Å². The summed E-state index contributed by atoms with van der Waals surface area (Å²) in [5.41, 5.74) is 1.83. The van der Waals surface area contributed by atoms with Crippen molar-refractivity contribution < 1.29 is 8.60 Å². The maximum atomic E-state index is 12.7. The van der Waals surface area contributed by atoms with E-state index in [0.29, 0.717) is 4.90 Å². The Morgan fingerprint density at radius 2 is 1.67 bits per heavy atom. The molecule has 18 heavy (non-hydrogen) atoms. The highest BCUT2D eigenvalue weighted by Gasteiger charge is 2.00. The van der Waals surface area contributed by atoms with E-state index in [1.54, 1.807) is 24.3 Å². The minimum Gasteiger partial charge on any atom is -0.229 e. The first-order chi connectivity index (χ1) is 8.65. The van der Waals surface area contributed by atoms with Crippen LogP contribution < -0.4 is 0 Å². The van der Waals surface area contributed by atoms with E-state index in [9.17, 15) is 8.60 Å². The minimum absolute atomic E-state index is 0.299. The van der Waals surface area contributed by atoms with Gasteiger partial charge in [0.1, 0.15) is 5.82 Å². The fourth-order valence-corrected chi connectivity index (χ4v) is 2.08. The van der Waals surface area contributed by atoms with Gasteiger partial charge in [-0.2, -0.15) is 4.40 Å². The number of hydrogen-bond acceptors (Lipinski definition) is 1. The Hall–Kier alpha value is -1.81. The second kappa shape index (κ2) is 5.69. The van der Waals surface area contributed by atoms with Crippen LogP contribution in [0.1, 0.15) is 11.1 Å². The van der Waals surface area contributed by atoms with Gasteiger partial charge in [-0.05, 0) is 36.8 Å². The van der Waals surface area contributed by atoms with Crippen molar-refractivity contribution in [2.75, 3.05) is 0 Å². The first-order valence-corrected chi connectivity index (χ1v) is 6.54. The molecule has 0 aliphatic heterocycles. The average molecular weight is 261 g/mol. The standard InChI is InChI=1S/C14H12FNOS/c1-11-2-8-14(9-3-11)18(17)16-10-12-4-6-13(15)7-5-12/h2-10H,1H3/b16-10+/t18-/m0/s1. The van der Waals surface area contributed by atoms with Gasteiger partial charge in [-0.1, -0.05) is 29.8 Å². The molecule has 1 atom stereocenters. The number of rotatable bonds is 3. The lowest BCUT2D eigenvalue weighted by molar-refractivity contribution is 0.628. The number of aryl methyl sites for hydroxylation is 1. The predicted molar refractivity (Wildman–Crippen MR) is 71.6 cm³/mol. The fourth-order valence-electron chi connectivity index (χ4n) is 1.37. The van der Waals surface area contributed by atoms with E-state index in [0.717, 1.165) is 11.1 Å². The van der Waals surface area contributed by atoms with Crippen LogP contribution in [0.25, 0.3) is 0 Å². The highest BCUT2D eigenvalue weighted by Crippen LogP contribution is 2.09. The van der Waals surface area contributed by atoms with E-state index in [1.807, 2.05) is 19.1 Å². The summed E-state index contributed by atoms with van der Waals surface area (Å²) in [5, 5.41) is 0. The fraction of sp³-hybridized carbons (Fsp3) is 0.0714. The van der Waals surface area contributed by atoms with Crippen molar-refractivity contribution in [3.63, 3.8) is 0 Å². The Bertz CT molecular complexity index is 576. The highest BCUT2D eigenvalue weighted by atomic mass is 32.2. The molecular formula is C14H12FNOS. The van der Waals surface area contributed by atoms with E-state index in [4.69, 9.17) is 0 Å². The van der Waals surface area contributed by atoms with Gasteiger partial charge in [0.05, 0.1) is 4.90 Å². The second-order valence-corrected chi connectivity index (χ2v) is 5.03. The lowest BCUT2D eigenvalue weighted by Gasteiger charge is -1.97. The zero-order valence-electron chi connectivity index (χ0n) is 9.84. The summed E-state index contributed by atoms with van der Waals surface area (Å²) < 4.78 is 28.5. The quantitative estimate of drug-likeness (QED) is 0.780. The zero-order chi connectivity index (χ0) is 13.0. The van der Waals surface area contributed by atoms with E-state index >= 15 is 0 Å².